The highest BCUT2D eigenvalue weighted by Gasteiger charge is 2.45. The molecule has 1 aromatic rings. The van der Waals surface area contributed by atoms with Crippen molar-refractivity contribution in [1.82, 2.24) is 0 Å². The van der Waals surface area contributed by atoms with Crippen LogP contribution in [0.4, 0.5) is 0 Å². The Hall–Kier alpha value is -0.830. The molecule has 0 N–H and O–H groups in total. The average molecular weight is 323 g/mol. The maximum Gasteiger partial charge on any atom is 0.170 e. The zero-order valence-corrected chi connectivity index (χ0v) is 13.0. The number of carbonyl (C=O) groups is 1. The number of hydrogen-bond acceptors (Lipinski definition) is 2. The second-order valence-corrected chi connectivity index (χ2v) is 7.30. The summed E-state index contributed by atoms with van der Waals surface area (Å²) in [6.07, 6.45) is 3.77. The minimum absolute atomic E-state index is 0.232. The van der Waals surface area contributed by atoms with Gasteiger partial charge in [0.05, 0.1) is 12.0 Å². The molecule has 2 aliphatic rings. The zero-order valence-electron chi connectivity index (χ0n) is 11.4. The predicted octanol–water partition coefficient (Wildman–Crippen LogP) is 4.61. The van der Waals surface area contributed by atoms with Crippen LogP contribution in [0.25, 0.3) is 0 Å². The van der Waals surface area contributed by atoms with Crippen LogP contribution in [0.1, 0.15) is 49.9 Å². The molecule has 0 saturated heterocycles. The molecule has 1 aromatic carbocycles. The molecular formula is C16H19BrO2. The van der Waals surface area contributed by atoms with E-state index in [1.165, 1.54) is 6.42 Å². The molecule has 0 aromatic heterocycles. The van der Waals surface area contributed by atoms with Gasteiger partial charge in [0.1, 0.15) is 11.4 Å². The van der Waals surface area contributed by atoms with Gasteiger partial charge in [0.2, 0.25) is 0 Å². The van der Waals surface area contributed by atoms with Crippen LogP contribution in [0.3, 0.4) is 0 Å². The quantitative estimate of drug-likeness (QED) is 0.697. The van der Waals surface area contributed by atoms with E-state index < -0.39 is 0 Å². The Morgan fingerprint density at radius 1 is 1.26 bits per heavy atom. The smallest absolute Gasteiger partial charge is 0.170 e. The predicted molar refractivity (Wildman–Crippen MR) is 78.6 cm³/mol. The highest BCUT2D eigenvalue weighted by atomic mass is 79.9. The van der Waals surface area contributed by atoms with Crippen molar-refractivity contribution in [1.29, 1.82) is 0 Å². The SMILES string of the molecule is CC1CC(C)CC2(CC(=O)c3ccc(Br)cc3O2)C1. The van der Waals surface area contributed by atoms with Crippen molar-refractivity contribution in [3.63, 3.8) is 0 Å². The third-order valence-electron chi connectivity index (χ3n) is 4.30. The first-order chi connectivity index (χ1) is 8.97. The van der Waals surface area contributed by atoms with Crippen molar-refractivity contribution >= 4 is 21.7 Å². The second-order valence-electron chi connectivity index (χ2n) is 6.38. The molecular weight excluding hydrogens is 304 g/mol. The van der Waals surface area contributed by atoms with Crippen LogP contribution in [0, 0.1) is 11.8 Å². The Bertz CT molecular complexity index is 513. The summed E-state index contributed by atoms with van der Waals surface area (Å²) >= 11 is 3.46. The van der Waals surface area contributed by atoms with Crippen LogP contribution in [-0.2, 0) is 0 Å². The van der Waals surface area contributed by atoms with Crippen molar-refractivity contribution in [3.8, 4) is 5.75 Å². The van der Waals surface area contributed by atoms with Gasteiger partial charge >= 0.3 is 0 Å². The maximum atomic E-state index is 12.4. The minimum atomic E-state index is -0.262. The number of fused-ring (bicyclic) bond motifs is 1. The first-order valence-corrected chi connectivity index (χ1v) is 7.78. The van der Waals surface area contributed by atoms with Gasteiger partial charge in [-0.1, -0.05) is 29.8 Å². The summed E-state index contributed by atoms with van der Waals surface area (Å²) in [7, 11) is 0. The molecule has 2 unspecified atom stereocenters. The van der Waals surface area contributed by atoms with Gasteiger partial charge < -0.3 is 4.74 Å². The van der Waals surface area contributed by atoms with Gasteiger partial charge in [-0.25, -0.2) is 0 Å². The lowest BCUT2D eigenvalue weighted by molar-refractivity contribution is -0.0174. The van der Waals surface area contributed by atoms with Crippen molar-refractivity contribution < 1.29 is 9.53 Å². The number of ketones is 1. The number of benzene rings is 1. The molecule has 1 saturated carbocycles. The molecule has 1 aliphatic carbocycles. The van der Waals surface area contributed by atoms with E-state index in [0.717, 1.165) is 28.6 Å². The number of halogens is 1. The Morgan fingerprint density at radius 3 is 2.63 bits per heavy atom. The van der Waals surface area contributed by atoms with Crippen LogP contribution in [-0.4, -0.2) is 11.4 Å². The fourth-order valence-corrected chi connectivity index (χ4v) is 4.24. The monoisotopic (exact) mass is 322 g/mol. The number of ether oxygens (including phenoxy) is 1. The molecule has 2 atom stereocenters. The van der Waals surface area contributed by atoms with Crippen LogP contribution < -0.4 is 4.74 Å². The van der Waals surface area contributed by atoms with Crippen LogP contribution in [0.5, 0.6) is 5.75 Å². The Morgan fingerprint density at radius 2 is 1.95 bits per heavy atom. The summed E-state index contributed by atoms with van der Waals surface area (Å²) in [6, 6.07) is 5.70. The molecule has 2 nitrogen and oxygen atoms in total. The van der Waals surface area contributed by atoms with E-state index in [1.54, 1.807) is 0 Å². The summed E-state index contributed by atoms with van der Waals surface area (Å²) in [5, 5.41) is 0. The lowest BCUT2D eigenvalue weighted by atomic mass is 9.70. The van der Waals surface area contributed by atoms with Gasteiger partial charge in [-0.05, 0) is 49.3 Å². The lowest BCUT2D eigenvalue weighted by Crippen LogP contribution is -2.47. The molecule has 19 heavy (non-hydrogen) atoms. The number of carbonyl (C=O) groups excluding carboxylic acids is 1. The zero-order chi connectivity index (χ0) is 13.6. The van der Waals surface area contributed by atoms with Crippen LogP contribution >= 0.6 is 15.9 Å². The second kappa shape index (κ2) is 4.62. The first-order valence-electron chi connectivity index (χ1n) is 6.99. The molecule has 3 heteroatoms. The molecule has 0 radical (unpaired) electrons. The van der Waals surface area contributed by atoms with E-state index >= 15 is 0 Å². The Kier molecular flexibility index (Phi) is 3.20. The van der Waals surface area contributed by atoms with Crippen molar-refractivity contribution in [2.75, 3.05) is 0 Å². The molecule has 0 amide bonds. The highest BCUT2D eigenvalue weighted by Crippen LogP contribution is 2.45. The molecule has 1 spiro atoms. The highest BCUT2D eigenvalue weighted by molar-refractivity contribution is 9.10. The third-order valence-corrected chi connectivity index (χ3v) is 4.79. The standard InChI is InChI=1S/C16H19BrO2/c1-10-5-11(2)8-16(7-10)9-14(18)13-4-3-12(17)6-15(13)19-16/h3-4,6,10-11H,5,7-9H2,1-2H3. The summed E-state index contributed by atoms with van der Waals surface area (Å²) in [6.45, 7) is 4.53. The van der Waals surface area contributed by atoms with Gasteiger partial charge in [-0.2, -0.15) is 0 Å². The molecule has 1 aliphatic heterocycles. The van der Waals surface area contributed by atoms with Crippen LogP contribution in [0.2, 0.25) is 0 Å². The van der Waals surface area contributed by atoms with E-state index in [9.17, 15) is 4.79 Å². The summed E-state index contributed by atoms with van der Waals surface area (Å²) in [5.74, 6) is 2.25. The summed E-state index contributed by atoms with van der Waals surface area (Å²) in [4.78, 5) is 12.4. The van der Waals surface area contributed by atoms with Crippen LogP contribution in [0.15, 0.2) is 22.7 Å². The van der Waals surface area contributed by atoms with Gasteiger partial charge in [0.15, 0.2) is 5.78 Å². The van der Waals surface area contributed by atoms with Crippen molar-refractivity contribution in [2.45, 2.75) is 45.1 Å². The van der Waals surface area contributed by atoms with E-state index in [1.807, 2.05) is 18.2 Å². The summed E-state index contributed by atoms with van der Waals surface area (Å²) in [5.41, 5.74) is 0.474. The molecule has 3 rings (SSSR count). The maximum absolute atomic E-state index is 12.4. The summed E-state index contributed by atoms with van der Waals surface area (Å²) < 4.78 is 7.27. The molecule has 0 bridgehead atoms. The number of rotatable bonds is 0. The average Bonchev–Trinajstić information content (AvgIpc) is 2.25. The topological polar surface area (TPSA) is 26.3 Å². The fourth-order valence-electron chi connectivity index (χ4n) is 3.90. The Labute approximate surface area is 122 Å². The van der Waals surface area contributed by atoms with E-state index in [0.29, 0.717) is 18.3 Å². The normalized spacial score (nSPS) is 33.9. The fraction of sp³-hybridized carbons (Fsp3) is 0.562. The number of Topliss-reactive ketones (excluding diaryl/α,β-unsaturated/α-hetero) is 1. The molecule has 102 valence electrons. The van der Waals surface area contributed by atoms with Gasteiger partial charge in [-0.3, -0.25) is 4.79 Å². The van der Waals surface area contributed by atoms with E-state index in [2.05, 4.69) is 29.8 Å². The van der Waals surface area contributed by atoms with Crippen molar-refractivity contribution in [3.05, 3.63) is 28.2 Å². The molecule has 1 heterocycles. The minimum Gasteiger partial charge on any atom is -0.486 e. The van der Waals surface area contributed by atoms with Gasteiger partial charge in [0, 0.05) is 4.47 Å². The van der Waals surface area contributed by atoms with Crippen molar-refractivity contribution in [2.24, 2.45) is 11.8 Å². The van der Waals surface area contributed by atoms with Gasteiger partial charge in [-0.15, -0.1) is 0 Å². The third kappa shape index (κ3) is 2.45. The van der Waals surface area contributed by atoms with Gasteiger partial charge in [0.25, 0.3) is 0 Å². The van der Waals surface area contributed by atoms with E-state index in [-0.39, 0.29) is 11.4 Å². The molecule has 1 fully saturated rings. The lowest BCUT2D eigenvalue weighted by Gasteiger charge is -2.45. The van der Waals surface area contributed by atoms with E-state index in [4.69, 9.17) is 4.74 Å². The number of hydrogen-bond donors (Lipinski definition) is 0. The Balaban J connectivity index is 1.97. The first kappa shape index (κ1) is 13.2. The largest absolute Gasteiger partial charge is 0.486 e.